The molecule has 2 aromatic rings. The van der Waals surface area contributed by atoms with Gasteiger partial charge < -0.3 is 15.4 Å². The van der Waals surface area contributed by atoms with Crippen molar-refractivity contribution >= 4 is 27.4 Å². The van der Waals surface area contributed by atoms with Gasteiger partial charge >= 0.3 is 0 Å². The van der Waals surface area contributed by atoms with E-state index in [0.717, 1.165) is 42.1 Å². The number of benzene rings is 1. The van der Waals surface area contributed by atoms with E-state index in [1.165, 1.54) is 5.56 Å². The number of rotatable bonds is 4. The number of aromatic amines is 1. The number of aromatic nitrogens is 2. The molecule has 1 unspecified atom stereocenters. The Hall–Kier alpha value is -1.37. The van der Waals surface area contributed by atoms with Crippen LogP contribution in [0.25, 0.3) is 0 Å². The minimum absolute atomic E-state index is 0.156. The Balaban J connectivity index is 1.69. The Morgan fingerprint density at radius 1 is 1.35 bits per heavy atom. The number of ether oxygens (including phenoxy) is 1. The number of morpholine rings is 1. The van der Waals surface area contributed by atoms with Gasteiger partial charge in [0.05, 0.1) is 18.9 Å². The molecule has 5 nitrogen and oxygen atoms in total. The molecule has 0 radical (unpaired) electrons. The second kappa shape index (κ2) is 6.39. The maximum atomic E-state index is 5.74. The van der Waals surface area contributed by atoms with Gasteiger partial charge in [0.25, 0.3) is 0 Å². The highest BCUT2D eigenvalue weighted by Crippen LogP contribution is 2.23. The lowest BCUT2D eigenvalue weighted by molar-refractivity contribution is 0.0277. The number of alkyl halides is 1. The Morgan fingerprint density at radius 2 is 2.20 bits per heavy atom. The smallest absolute Gasteiger partial charge is 0.129 e. The van der Waals surface area contributed by atoms with Crippen molar-refractivity contribution in [1.29, 1.82) is 0 Å². The van der Waals surface area contributed by atoms with Crippen LogP contribution in [-0.2, 0) is 10.1 Å². The van der Waals surface area contributed by atoms with Crippen molar-refractivity contribution in [2.45, 2.75) is 11.4 Å². The van der Waals surface area contributed by atoms with Crippen LogP contribution in [0.1, 0.15) is 17.2 Å². The van der Waals surface area contributed by atoms with Crippen LogP contribution in [0.15, 0.2) is 30.5 Å². The van der Waals surface area contributed by atoms with E-state index in [0.29, 0.717) is 0 Å². The van der Waals surface area contributed by atoms with Gasteiger partial charge in [-0.2, -0.15) is 5.10 Å². The SMILES string of the molecule is BrCc1cn[nH]c1Nc1ccc(C2CNCCO2)cc1. The van der Waals surface area contributed by atoms with Gasteiger partial charge in [-0.05, 0) is 17.7 Å². The molecule has 20 heavy (non-hydrogen) atoms. The monoisotopic (exact) mass is 336 g/mol. The van der Waals surface area contributed by atoms with Crippen LogP contribution < -0.4 is 10.6 Å². The van der Waals surface area contributed by atoms with Gasteiger partial charge in [-0.25, -0.2) is 0 Å². The van der Waals surface area contributed by atoms with E-state index in [9.17, 15) is 0 Å². The van der Waals surface area contributed by atoms with Crippen LogP contribution in [0.5, 0.6) is 0 Å². The molecule has 0 amide bonds. The summed E-state index contributed by atoms with van der Waals surface area (Å²) in [6.45, 7) is 2.58. The highest BCUT2D eigenvalue weighted by molar-refractivity contribution is 9.08. The van der Waals surface area contributed by atoms with Gasteiger partial charge in [0.15, 0.2) is 0 Å². The fourth-order valence-corrected chi connectivity index (χ4v) is 2.65. The zero-order chi connectivity index (χ0) is 13.8. The average molecular weight is 337 g/mol. The summed E-state index contributed by atoms with van der Waals surface area (Å²) in [6, 6.07) is 8.33. The molecule has 106 valence electrons. The molecular weight excluding hydrogens is 320 g/mol. The molecule has 1 fully saturated rings. The minimum atomic E-state index is 0.156. The molecule has 1 aliphatic heterocycles. The quantitative estimate of drug-likeness (QED) is 0.751. The number of anilines is 2. The fourth-order valence-electron chi connectivity index (χ4n) is 2.23. The summed E-state index contributed by atoms with van der Waals surface area (Å²) >= 11 is 3.44. The summed E-state index contributed by atoms with van der Waals surface area (Å²) < 4.78 is 5.74. The molecule has 6 heteroatoms. The lowest BCUT2D eigenvalue weighted by atomic mass is 10.1. The summed E-state index contributed by atoms with van der Waals surface area (Å²) in [7, 11) is 0. The first kappa shape index (κ1) is 13.6. The van der Waals surface area contributed by atoms with Gasteiger partial charge in [-0.3, -0.25) is 5.10 Å². The van der Waals surface area contributed by atoms with Crippen LogP contribution in [-0.4, -0.2) is 29.9 Å². The number of hydrogen-bond acceptors (Lipinski definition) is 4. The maximum absolute atomic E-state index is 5.74. The minimum Gasteiger partial charge on any atom is -0.371 e. The summed E-state index contributed by atoms with van der Waals surface area (Å²) in [5.74, 6) is 0.921. The van der Waals surface area contributed by atoms with Crippen molar-refractivity contribution in [3.05, 3.63) is 41.6 Å². The summed E-state index contributed by atoms with van der Waals surface area (Å²) in [5.41, 5.74) is 3.34. The summed E-state index contributed by atoms with van der Waals surface area (Å²) in [4.78, 5) is 0. The van der Waals surface area contributed by atoms with Gasteiger partial charge in [-0.15, -0.1) is 0 Å². The fraction of sp³-hybridized carbons (Fsp3) is 0.357. The van der Waals surface area contributed by atoms with E-state index in [1.54, 1.807) is 0 Å². The van der Waals surface area contributed by atoms with Crippen LogP contribution >= 0.6 is 15.9 Å². The number of hydrogen-bond donors (Lipinski definition) is 3. The largest absolute Gasteiger partial charge is 0.371 e. The third-order valence-corrected chi connectivity index (χ3v) is 3.95. The van der Waals surface area contributed by atoms with Crippen LogP contribution in [0.4, 0.5) is 11.5 Å². The molecule has 0 bridgehead atoms. The first-order chi connectivity index (χ1) is 9.86. The molecule has 1 aliphatic rings. The van der Waals surface area contributed by atoms with E-state index in [2.05, 4.69) is 61.0 Å². The molecule has 0 spiro atoms. The zero-order valence-electron chi connectivity index (χ0n) is 11.0. The van der Waals surface area contributed by atoms with Gasteiger partial charge in [0, 0.05) is 29.7 Å². The third-order valence-electron chi connectivity index (χ3n) is 3.34. The van der Waals surface area contributed by atoms with Crippen molar-refractivity contribution < 1.29 is 4.74 Å². The third kappa shape index (κ3) is 3.03. The second-order valence-corrected chi connectivity index (χ2v) is 5.28. The van der Waals surface area contributed by atoms with E-state index in [1.807, 2.05) is 6.20 Å². The van der Waals surface area contributed by atoms with E-state index < -0.39 is 0 Å². The van der Waals surface area contributed by atoms with Crippen molar-refractivity contribution in [1.82, 2.24) is 15.5 Å². The number of nitrogens with zero attached hydrogens (tertiary/aromatic N) is 1. The molecule has 3 rings (SSSR count). The molecule has 1 aromatic carbocycles. The zero-order valence-corrected chi connectivity index (χ0v) is 12.6. The van der Waals surface area contributed by atoms with E-state index in [-0.39, 0.29) is 6.10 Å². The predicted molar refractivity (Wildman–Crippen MR) is 82.5 cm³/mol. The van der Waals surface area contributed by atoms with Crippen molar-refractivity contribution in [3.63, 3.8) is 0 Å². The molecule has 1 atom stereocenters. The molecular formula is C14H17BrN4O. The molecule has 0 saturated carbocycles. The maximum Gasteiger partial charge on any atom is 0.129 e. The summed E-state index contributed by atoms with van der Waals surface area (Å²) in [6.07, 6.45) is 1.97. The Morgan fingerprint density at radius 3 is 2.90 bits per heavy atom. The molecule has 1 aromatic heterocycles. The van der Waals surface area contributed by atoms with Gasteiger partial charge in [0.2, 0.25) is 0 Å². The van der Waals surface area contributed by atoms with Crippen LogP contribution in [0, 0.1) is 0 Å². The number of H-pyrrole nitrogens is 1. The Labute approximate surface area is 126 Å². The highest BCUT2D eigenvalue weighted by Gasteiger charge is 2.15. The lowest BCUT2D eigenvalue weighted by Gasteiger charge is -2.24. The topological polar surface area (TPSA) is 62.0 Å². The molecule has 0 aliphatic carbocycles. The Bertz CT molecular complexity index is 549. The average Bonchev–Trinajstić information content (AvgIpc) is 2.96. The first-order valence-corrected chi connectivity index (χ1v) is 7.76. The van der Waals surface area contributed by atoms with Crippen molar-refractivity contribution in [2.75, 3.05) is 25.0 Å². The standard InChI is InChI=1S/C14H17BrN4O/c15-7-11-8-17-19-14(11)18-12-3-1-10(2-4-12)13-9-16-5-6-20-13/h1-4,8,13,16H,5-7,9H2,(H2,17,18,19). The number of nitrogens with one attached hydrogen (secondary N) is 3. The van der Waals surface area contributed by atoms with Gasteiger partial charge in [0.1, 0.15) is 5.82 Å². The van der Waals surface area contributed by atoms with Gasteiger partial charge in [-0.1, -0.05) is 28.1 Å². The van der Waals surface area contributed by atoms with Crippen molar-refractivity contribution in [3.8, 4) is 0 Å². The molecule has 3 N–H and O–H groups in total. The molecule has 2 heterocycles. The van der Waals surface area contributed by atoms with Crippen LogP contribution in [0.2, 0.25) is 0 Å². The van der Waals surface area contributed by atoms with Crippen LogP contribution in [0.3, 0.4) is 0 Å². The Kier molecular flexibility index (Phi) is 4.34. The summed E-state index contributed by atoms with van der Waals surface area (Å²) in [5, 5.41) is 14.4. The lowest BCUT2D eigenvalue weighted by Crippen LogP contribution is -2.33. The first-order valence-electron chi connectivity index (χ1n) is 6.64. The highest BCUT2D eigenvalue weighted by atomic mass is 79.9. The molecule has 1 saturated heterocycles. The second-order valence-electron chi connectivity index (χ2n) is 4.71. The van der Waals surface area contributed by atoms with E-state index in [4.69, 9.17) is 4.74 Å². The van der Waals surface area contributed by atoms with E-state index >= 15 is 0 Å². The predicted octanol–water partition coefficient (Wildman–Crippen LogP) is 2.71. The number of halogens is 1. The normalized spacial score (nSPS) is 18.9. The van der Waals surface area contributed by atoms with Crippen molar-refractivity contribution in [2.24, 2.45) is 0 Å².